The Morgan fingerprint density at radius 3 is 2.45 bits per heavy atom. The van der Waals surface area contributed by atoms with Crippen LogP contribution in [-0.2, 0) is 11.2 Å². The number of aromatic nitrogens is 3. The van der Waals surface area contributed by atoms with E-state index in [1.807, 2.05) is 29.1 Å². The number of rotatable bonds is 14. The Hall–Kier alpha value is -4.14. The van der Waals surface area contributed by atoms with Crippen molar-refractivity contribution < 1.29 is 14.7 Å². The van der Waals surface area contributed by atoms with Crippen LogP contribution in [0.3, 0.4) is 0 Å². The van der Waals surface area contributed by atoms with Crippen LogP contribution in [0.2, 0.25) is 0 Å². The molecule has 0 radical (unpaired) electrons. The first kappa shape index (κ1) is 32.4. The van der Waals surface area contributed by atoms with Gasteiger partial charge in [0, 0.05) is 48.4 Å². The lowest BCUT2D eigenvalue weighted by Crippen LogP contribution is -2.29. The van der Waals surface area contributed by atoms with Gasteiger partial charge in [0.2, 0.25) is 0 Å². The number of nitrogens with one attached hydrogen (secondary N) is 3. The SMILES string of the molecule is CCCCCC(=O)O.CCCCCNC(=O)Nc1cccc2c3cccc(NCCc4cnn(C(C)C)c4)c3nc-2c1. The summed E-state index contributed by atoms with van der Waals surface area (Å²) < 4.78 is 1.98. The van der Waals surface area contributed by atoms with Crippen LogP contribution in [0.25, 0.3) is 22.2 Å². The number of para-hydroxylation sites is 1. The van der Waals surface area contributed by atoms with Crippen LogP contribution >= 0.6 is 0 Å². The predicted octanol–water partition coefficient (Wildman–Crippen LogP) is 7.73. The molecule has 42 heavy (non-hydrogen) atoms. The summed E-state index contributed by atoms with van der Waals surface area (Å²) in [7, 11) is 0. The molecule has 9 heteroatoms. The van der Waals surface area contributed by atoms with Gasteiger partial charge in [-0.3, -0.25) is 9.48 Å². The van der Waals surface area contributed by atoms with Gasteiger partial charge in [-0.2, -0.15) is 5.10 Å². The van der Waals surface area contributed by atoms with Gasteiger partial charge in [-0.25, -0.2) is 9.78 Å². The number of nitrogens with zero attached hydrogens (tertiary/aromatic N) is 3. The topological polar surface area (TPSA) is 121 Å². The van der Waals surface area contributed by atoms with Gasteiger partial charge >= 0.3 is 12.0 Å². The number of carboxylic acids is 1. The quantitative estimate of drug-likeness (QED) is 0.114. The number of fused-ring (bicyclic) bond motifs is 3. The molecule has 2 aromatic rings. The van der Waals surface area contributed by atoms with Crippen LogP contribution in [0.4, 0.5) is 16.2 Å². The van der Waals surface area contributed by atoms with Crippen molar-refractivity contribution in [2.24, 2.45) is 0 Å². The number of amides is 2. The summed E-state index contributed by atoms with van der Waals surface area (Å²) in [5.74, 6) is -0.682. The smallest absolute Gasteiger partial charge is 0.319 e. The zero-order valence-corrected chi connectivity index (χ0v) is 25.4. The van der Waals surface area contributed by atoms with Crippen molar-refractivity contribution in [3.05, 3.63) is 60.4 Å². The van der Waals surface area contributed by atoms with Crippen LogP contribution in [-0.4, -0.2) is 45.0 Å². The number of unbranched alkanes of at least 4 members (excludes halogenated alkanes) is 4. The second-order valence-corrected chi connectivity index (χ2v) is 10.8. The third-order valence-electron chi connectivity index (χ3n) is 6.90. The number of carbonyl (C=O) groups excluding carboxylic acids is 1. The number of anilines is 2. The van der Waals surface area contributed by atoms with Crippen molar-refractivity contribution in [3.63, 3.8) is 0 Å². The average Bonchev–Trinajstić information content (AvgIpc) is 3.52. The molecule has 1 aromatic carbocycles. The zero-order chi connectivity index (χ0) is 30.3. The van der Waals surface area contributed by atoms with Gasteiger partial charge in [-0.1, -0.05) is 63.8 Å². The Labute approximate surface area is 249 Å². The first-order valence-electron chi connectivity index (χ1n) is 15.2. The molecule has 2 amide bonds. The van der Waals surface area contributed by atoms with Crippen molar-refractivity contribution in [1.82, 2.24) is 20.1 Å². The maximum atomic E-state index is 12.3. The van der Waals surface area contributed by atoms with Crippen LogP contribution < -0.4 is 16.0 Å². The highest BCUT2D eigenvalue weighted by Crippen LogP contribution is 2.35. The summed E-state index contributed by atoms with van der Waals surface area (Å²) in [6, 6.07) is 14.2. The molecule has 0 bridgehead atoms. The normalized spacial score (nSPS) is 10.9. The lowest BCUT2D eigenvalue weighted by Gasteiger charge is -2.07. The summed E-state index contributed by atoms with van der Waals surface area (Å²) in [6.45, 7) is 9.94. The number of hydrogen-bond acceptors (Lipinski definition) is 5. The summed E-state index contributed by atoms with van der Waals surface area (Å²) in [5.41, 5.74) is 5.81. The van der Waals surface area contributed by atoms with Gasteiger partial charge in [0.15, 0.2) is 0 Å². The molecule has 1 aromatic heterocycles. The number of carbonyl (C=O) groups is 2. The molecule has 0 atom stereocenters. The highest BCUT2D eigenvalue weighted by molar-refractivity contribution is 6.03. The van der Waals surface area contributed by atoms with E-state index in [1.165, 1.54) is 5.56 Å². The molecule has 2 heterocycles. The molecule has 1 aliphatic heterocycles. The van der Waals surface area contributed by atoms with E-state index in [0.29, 0.717) is 19.0 Å². The highest BCUT2D eigenvalue weighted by Gasteiger charge is 2.14. The number of aliphatic carboxylic acids is 1. The summed E-state index contributed by atoms with van der Waals surface area (Å²) in [6.07, 6.45) is 11.4. The fourth-order valence-corrected chi connectivity index (χ4v) is 4.56. The summed E-state index contributed by atoms with van der Waals surface area (Å²) >= 11 is 0. The van der Waals surface area contributed by atoms with Gasteiger partial charge in [-0.15, -0.1) is 0 Å². The lowest BCUT2D eigenvalue weighted by molar-refractivity contribution is -0.137. The van der Waals surface area contributed by atoms with Crippen molar-refractivity contribution in [2.75, 3.05) is 23.7 Å². The van der Waals surface area contributed by atoms with Crippen molar-refractivity contribution in [2.45, 2.75) is 85.1 Å². The van der Waals surface area contributed by atoms with Gasteiger partial charge in [0.1, 0.15) is 0 Å². The maximum Gasteiger partial charge on any atom is 0.319 e. The summed E-state index contributed by atoms with van der Waals surface area (Å²) in [4.78, 5) is 27.0. The second kappa shape index (κ2) is 17.0. The fourth-order valence-electron chi connectivity index (χ4n) is 4.56. The molecule has 4 rings (SSSR count). The van der Waals surface area contributed by atoms with E-state index < -0.39 is 5.97 Å². The van der Waals surface area contributed by atoms with Crippen LogP contribution in [0.5, 0.6) is 0 Å². The molecule has 4 N–H and O–H groups in total. The zero-order valence-electron chi connectivity index (χ0n) is 25.4. The van der Waals surface area contributed by atoms with Gasteiger partial charge < -0.3 is 21.1 Å². The molecule has 0 spiro atoms. The monoisotopic (exact) mass is 574 g/mol. The van der Waals surface area contributed by atoms with E-state index in [9.17, 15) is 9.59 Å². The second-order valence-electron chi connectivity index (χ2n) is 10.8. The van der Waals surface area contributed by atoms with Crippen molar-refractivity contribution in [1.29, 1.82) is 0 Å². The number of carboxylic acid groups (broad SMARTS) is 1. The molecule has 0 unspecified atom stereocenters. The first-order valence-corrected chi connectivity index (χ1v) is 15.2. The molecule has 9 nitrogen and oxygen atoms in total. The number of benzene rings is 1. The molecule has 1 aliphatic carbocycles. The van der Waals surface area contributed by atoms with E-state index in [4.69, 9.17) is 10.1 Å². The third kappa shape index (κ3) is 10.0. The molecule has 226 valence electrons. The minimum Gasteiger partial charge on any atom is -0.481 e. The minimum atomic E-state index is -0.682. The number of urea groups is 1. The molecular formula is C33H46N6O3. The van der Waals surface area contributed by atoms with Crippen LogP contribution in [0, 0.1) is 0 Å². The van der Waals surface area contributed by atoms with Gasteiger partial charge in [0.05, 0.1) is 23.1 Å². The Morgan fingerprint density at radius 2 is 1.74 bits per heavy atom. The molecule has 2 aliphatic rings. The summed E-state index contributed by atoms with van der Waals surface area (Å²) in [5, 5.41) is 23.1. The maximum absolute atomic E-state index is 12.3. The van der Waals surface area contributed by atoms with Crippen molar-refractivity contribution >= 4 is 34.3 Å². The minimum absolute atomic E-state index is 0.185. The van der Waals surface area contributed by atoms with E-state index >= 15 is 0 Å². The molecule has 0 saturated carbocycles. The fraction of sp³-hybridized carbons (Fsp3) is 0.455. The van der Waals surface area contributed by atoms with E-state index in [-0.39, 0.29) is 6.03 Å². The van der Waals surface area contributed by atoms with Gasteiger partial charge in [-0.05, 0) is 56.9 Å². The first-order chi connectivity index (χ1) is 20.3. The largest absolute Gasteiger partial charge is 0.481 e. The molecular weight excluding hydrogens is 528 g/mol. The standard InChI is InChI=1S/C27H34N6O.C6H12O2/c1-4-5-6-14-29-27(34)31-21-9-7-10-22-23-11-8-12-24(26(23)32-25(22)16-21)28-15-13-20-17-30-33(18-20)19(2)3;1-2-3-4-5-6(7)8/h7-12,16-19,28H,4-6,13-15H2,1-3H3,(H2,29,31,34);2-5H2,1H3,(H,7,8). The number of hydrogen-bond donors (Lipinski definition) is 4. The van der Waals surface area contributed by atoms with E-state index in [2.05, 4.69) is 79.2 Å². The molecule has 0 fully saturated rings. The predicted molar refractivity (Wildman–Crippen MR) is 171 cm³/mol. The molecule has 0 saturated heterocycles. The van der Waals surface area contributed by atoms with E-state index in [1.54, 1.807) is 0 Å². The lowest BCUT2D eigenvalue weighted by atomic mass is 10.1. The van der Waals surface area contributed by atoms with Gasteiger partial charge in [0.25, 0.3) is 0 Å². The van der Waals surface area contributed by atoms with Crippen LogP contribution in [0.1, 0.15) is 84.2 Å². The Balaban J connectivity index is 0.000000531. The Morgan fingerprint density at radius 1 is 0.976 bits per heavy atom. The Kier molecular flexibility index (Phi) is 13.1. The Bertz CT molecular complexity index is 1380. The van der Waals surface area contributed by atoms with Crippen LogP contribution in [0.15, 0.2) is 54.9 Å². The van der Waals surface area contributed by atoms with E-state index in [0.717, 1.165) is 85.0 Å². The third-order valence-corrected chi connectivity index (χ3v) is 6.90. The van der Waals surface area contributed by atoms with Crippen molar-refractivity contribution in [3.8, 4) is 11.3 Å². The average molecular weight is 575 g/mol. The highest BCUT2D eigenvalue weighted by atomic mass is 16.4.